The van der Waals surface area contributed by atoms with Crippen LogP contribution in [0.15, 0.2) is 30.3 Å². The average Bonchev–Trinajstić information content (AvgIpc) is 2.50. The number of fused-ring (bicyclic) bond motifs is 1. The molecule has 1 aliphatic carbocycles. The van der Waals surface area contributed by atoms with Gasteiger partial charge in [-0.15, -0.1) is 0 Å². The second kappa shape index (κ2) is 6.82. The third-order valence-corrected chi connectivity index (χ3v) is 5.55. The van der Waals surface area contributed by atoms with Gasteiger partial charge in [0.2, 0.25) is 0 Å². The van der Waals surface area contributed by atoms with Gasteiger partial charge in [-0.25, -0.2) is 0 Å². The molecule has 0 heterocycles. The summed E-state index contributed by atoms with van der Waals surface area (Å²) in [4.78, 5) is 0. The number of halogens is 2. The molecule has 0 spiro atoms. The van der Waals surface area contributed by atoms with E-state index in [0.29, 0.717) is 0 Å². The summed E-state index contributed by atoms with van der Waals surface area (Å²) in [6, 6.07) is 8.80. The van der Waals surface area contributed by atoms with Crippen molar-refractivity contribution < 1.29 is 48.0 Å². The van der Waals surface area contributed by atoms with Crippen LogP contribution < -0.4 is 24.8 Å². The molecule has 0 bridgehead atoms. The first-order valence-corrected chi connectivity index (χ1v) is 7.58. The topological polar surface area (TPSA) is 0 Å². The Labute approximate surface area is 110 Å². The Balaban J connectivity index is 0.000000845. The van der Waals surface area contributed by atoms with E-state index in [4.69, 9.17) is 0 Å². The van der Waals surface area contributed by atoms with Crippen molar-refractivity contribution in [2.24, 2.45) is 0 Å². The van der Waals surface area contributed by atoms with E-state index in [1.165, 1.54) is 9.69 Å². The van der Waals surface area contributed by atoms with Crippen molar-refractivity contribution in [2.45, 2.75) is 14.7 Å². The van der Waals surface area contributed by atoms with Gasteiger partial charge in [0.1, 0.15) is 0 Å². The first kappa shape index (κ1) is 14.4. The van der Waals surface area contributed by atoms with Crippen LogP contribution in [-0.2, 0) is 23.2 Å². The molecule has 1 aliphatic rings. The van der Waals surface area contributed by atoms with Crippen LogP contribution in [0.1, 0.15) is 21.7 Å². The standard InChI is InChI=1S/C9H7.C2H5.2ClH.Zr/c1-2-5-9-7-3-6-8(9)4-1;1-2;;;/h1-7H;1H2,2H3;2*1H;/q;;;;+2/p-2. The van der Waals surface area contributed by atoms with Crippen LogP contribution >= 0.6 is 0 Å². The minimum Gasteiger partial charge on any atom is -1.00 e. The van der Waals surface area contributed by atoms with Crippen molar-refractivity contribution in [2.75, 3.05) is 0 Å². The third-order valence-electron chi connectivity index (χ3n) is 2.22. The summed E-state index contributed by atoms with van der Waals surface area (Å²) in [5.74, 6) is 0. The molecule has 3 heteroatoms. The molecular weight excluding hydrogens is 294 g/mol. The first-order chi connectivity index (χ1) is 5.92. The van der Waals surface area contributed by atoms with E-state index in [9.17, 15) is 0 Å². The molecule has 0 aliphatic heterocycles. The molecule has 0 aromatic heterocycles. The average molecular weight is 306 g/mol. The van der Waals surface area contributed by atoms with Crippen molar-refractivity contribution in [3.05, 3.63) is 41.5 Å². The number of hydrogen-bond donors (Lipinski definition) is 0. The summed E-state index contributed by atoms with van der Waals surface area (Å²) < 4.78 is 2.29. The predicted octanol–water partition coefficient (Wildman–Crippen LogP) is -2.72. The maximum absolute atomic E-state index is 2.40. The van der Waals surface area contributed by atoms with Crippen LogP contribution in [0.3, 0.4) is 0 Å². The molecule has 0 N–H and O–H groups in total. The Kier molecular flexibility index (Phi) is 7.03. The minimum atomic E-state index is -0.162. The van der Waals surface area contributed by atoms with E-state index in [1.807, 2.05) is 0 Å². The number of benzene rings is 1. The van der Waals surface area contributed by atoms with Crippen LogP contribution in [0.2, 0.25) is 4.13 Å². The second-order valence-electron chi connectivity index (χ2n) is 3.02. The van der Waals surface area contributed by atoms with Gasteiger partial charge in [-0.3, -0.25) is 0 Å². The van der Waals surface area contributed by atoms with Crippen molar-refractivity contribution in [1.82, 2.24) is 0 Å². The van der Waals surface area contributed by atoms with Crippen molar-refractivity contribution in [3.8, 4) is 0 Å². The molecule has 0 saturated heterocycles. The Hall–Kier alpha value is 0.423. The molecule has 0 radical (unpaired) electrons. The zero-order valence-electron chi connectivity index (χ0n) is 8.00. The van der Waals surface area contributed by atoms with Gasteiger partial charge in [-0.1, -0.05) is 0 Å². The second-order valence-corrected chi connectivity index (χ2v) is 7.29. The molecule has 1 aromatic rings. The quantitative estimate of drug-likeness (QED) is 0.557. The molecule has 1 atom stereocenters. The Morgan fingerprint density at radius 1 is 1.21 bits per heavy atom. The van der Waals surface area contributed by atoms with E-state index >= 15 is 0 Å². The Morgan fingerprint density at radius 3 is 2.64 bits per heavy atom. The predicted molar refractivity (Wildman–Crippen MR) is 48.7 cm³/mol. The van der Waals surface area contributed by atoms with Gasteiger partial charge in [0.05, 0.1) is 0 Å². The molecule has 0 nitrogen and oxygen atoms in total. The summed E-state index contributed by atoms with van der Waals surface area (Å²) >= 11 is -0.162. The van der Waals surface area contributed by atoms with Gasteiger partial charge in [-0.2, -0.15) is 0 Å². The zero-order valence-corrected chi connectivity index (χ0v) is 12.0. The van der Waals surface area contributed by atoms with Crippen molar-refractivity contribution in [3.63, 3.8) is 0 Å². The van der Waals surface area contributed by atoms with E-state index in [1.54, 1.807) is 5.56 Å². The van der Waals surface area contributed by atoms with Crippen molar-refractivity contribution >= 4 is 6.08 Å². The first-order valence-electron chi connectivity index (χ1n) is 4.42. The van der Waals surface area contributed by atoms with Crippen molar-refractivity contribution in [1.29, 1.82) is 0 Å². The maximum atomic E-state index is 2.40. The number of allylic oxidation sites excluding steroid dienone is 1. The van der Waals surface area contributed by atoms with E-state index in [0.717, 1.165) is 3.63 Å². The molecule has 1 unspecified atom stereocenters. The van der Waals surface area contributed by atoms with Crippen LogP contribution in [0.4, 0.5) is 0 Å². The number of rotatable bonds is 2. The molecule has 74 valence electrons. The fourth-order valence-electron chi connectivity index (χ4n) is 1.65. The maximum Gasteiger partial charge on any atom is -1.00 e. The minimum absolute atomic E-state index is 0. The summed E-state index contributed by atoms with van der Waals surface area (Å²) in [6.45, 7) is 2.32. The molecule has 14 heavy (non-hydrogen) atoms. The molecule has 0 fully saturated rings. The van der Waals surface area contributed by atoms with Crippen LogP contribution in [0, 0.1) is 0 Å². The summed E-state index contributed by atoms with van der Waals surface area (Å²) in [6.07, 6.45) is 4.69. The van der Waals surface area contributed by atoms with Crippen LogP contribution in [0.25, 0.3) is 6.08 Å². The fraction of sp³-hybridized carbons (Fsp3) is 0.273. The van der Waals surface area contributed by atoms with Gasteiger partial charge in [-0.05, 0) is 0 Å². The van der Waals surface area contributed by atoms with Gasteiger partial charge in [0.25, 0.3) is 0 Å². The van der Waals surface area contributed by atoms with E-state index < -0.39 is 0 Å². The van der Waals surface area contributed by atoms with Crippen LogP contribution in [-0.4, -0.2) is 0 Å². The van der Waals surface area contributed by atoms with Gasteiger partial charge < -0.3 is 24.8 Å². The third kappa shape index (κ3) is 2.95. The summed E-state index contributed by atoms with van der Waals surface area (Å²) in [5, 5.41) is 0. The number of hydrogen-bond acceptors (Lipinski definition) is 0. The summed E-state index contributed by atoms with van der Waals surface area (Å²) in [7, 11) is 0. The normalized spacial score (nSPS) is 16.2. The fourth-order valence-corrected chi connectivity index (χ4v) is 4.49. The van der Waals surface area contributed by atoms with Gasteiger partial charge >= 0.3 is 85.5 Å². The molecular formula is C11H12Cl2Zr. The molecule has 2 rings (SSSR count). The Morgan fingerprint density at radius 2 is 1.93 bits per heavy atom. The Bertz CT molecular complexity index is 310. The largest absolute Gasteiger partial charge is 1.00 e. The van der Waals surface area contributed by atoms with Gasteiger partial charge in [0.15, 0.2) is 0 Å². The monoisotopic (exact) mass is 304 g/mol. The van der Waals surface area contributed by atoms with Gasteiger partial charge in [0, 0.05) is 0 Å². The molecule has 0 amide bonds. The summed E-state index contributed by atoms with van der Waals surface area (Å²) in [5.41, 5.74) is 3.04. The van der Waals surface area contributed by atoms with E-state index in [2.05, 4.69) is 43.3 Å². The molecule has 1 aromatic carbocycles. The SMILES string of the molecule is C[CH2][Zr+2][CH]1C=Cc2ccccc21.[Cl-].[Cl-]. The molecule has 0 saturated carbocycles. The zero-order chi connectivity index (χ0) is 8.39. The smallest absolute Gasteiger partial charge is 1.00 e. The van der Waals surface area contributed by atoms with Crippen LogP contribution in [0.5, 0.6) is 0 Å². The van der Waals surface area contributed by atoms with E-state index in [-0.39, 0.29) is 48.0 Å².